The maximum Gasteiger partial charge on any atom is 0.243 e. The first-order valence-electron chi connectivity index (χ1n) is 11.0. The summed E-state index contributed by atoms with van der Waals surface area (Å²) in [5, 5.41) is 8.80. The maximum absolute atomic E-state index is 11.8. The molecule has 0 atom stereocenters. The first kappa shape index (κ1) is 25.3. The molecule has 0 aliphatic rings. The lowest BCUT2D eigenvalue weighted by molar-refractivity contribution is -0.116. The fourth-order valence-electron chi connectivity index (χ4n) is 3.16. The average molecular weight is 520 g/mol. The number of oxazole rings is 1. The summed E-state index contributed by atoms with van der Waals surface area (Å²) in [6.07, 6.45) is 5.52. The number of ether oxygens (including phenoxy) is 1. The van der Waals surface area contributed by atoms with Crippen molar-refractivity contribution in [2.45, 2.75) is 20.1 Å². The van der Waals surface area contributed by atoms with E-state index in [0.717, 1.165) is 11.8 Å². The largest absolute Gasteiger partial charge is 0.486 e. The molecule has 0 bridgehead atoms. The summed E-state index contributed by atoms with van der Waals surface area (Å²) in [6.45, 7) is 5.15. The first-order chi connectivity index (χ1) is 17.9. The number of amides is 2. The Labute approximate surface area is 217 Å². The fraction of sp³-hybridized carbons (Fsp3) is 0.120. The molecule has 188 valence electrons. The molecule has 1 aromatic carbocycles. The van der Waals surface area contributed by atoms with Crippen LogP contribution in [0.25, 0.3) is 11.5 Å². The Kier molecular flexibility index (Phi) is 8.06. The molecule has 4 aromatic rings. The summed E-state index contributed by atoms with van der Waals surface area (Å²) in [5.74, 6) is 0.428. The van der Waals surface area contributed by atoms with E-state index in [9.17, 15) is 9.59 Å². The Bertz CT molecular complexity index is 1430. The molecule has 4 rings (SSSR count). The van der Waals surface area contributed by atoms with Crippen molar-refractivity contribution < 1.29 is 18.7 Å². The number of rotatable bonds is 10. The first-order valence-corrected chi connectivity index (χ1v) is 11.4. The molecule has 0 fully saturated rings. The van der Waals surface area contributed by atoms with Gasteiger partial charge in [-0.3, -0.25) is 14.6 Å². The molecule has 3 heterocycles. The number of nitrogens with one attached hydrogen (secondary N) is 3. The van der Waals surface area contributed by atoms with Crippen LogP contribution in [0.5, 0.6) is 5.75 Å². The number of hydrogen-bond acceptors (Lipinski definition) is 9. The molecule has 3 aromatic heterocycles. The zero-order valence-electron chi connectivity index (χ0n) is 19.7. The van der Waals surface area contributed by atoms with Gasteiger partial charge in [0.05, 0.1) is 23.0 Å². The van der Waals surface area contributed by atoms with Gasteiger partial charge < -0.3 is 25.1 Å². The van der Waals surface area contributed by atoms with E-state index < -0.39 is 0 Å². The van der Waals surface area contributed by atoms with Crippen LogP contribution in [0.1, 0.15) is 18.3 Å². The van der Waals surface area contributed by atoms with E-state index in [4.69, 9.17) is 20.8 Å². The molecule has 0 saturated carbocycles. The Morgan fingerprint density at radius 1 is 1.14 bits per heavy atom. The lowest BCUT2D eigenvalue weighted by Gasteiger charge is -2.14. The van der Waals surface area contributed by atoms with Crippen LogP contribution in [0, 0.1) is 0 Å². The van der Waals surface area contributed by atoms with E-state index in [0.29, 0.717) is 33.5 Å². The molecule has 2 amide bonds. The maximum atomic E-state index is 11.8. The van der Waals surface area contributed by atoms with Gasteiger partial charge in [0, 0.05) is 18.8 Å². The fourth-order valence-corrected chi connectivity index (χ4v) is 3.40. The summed E-state index contributed by atoms with van der Waals surface area (Å²) in [7, 11) is 0. The van der Waals surface area contributed by atoms with Gasteiger partial charge in [-0.2, -0.15) is 0 Å². The number of anilines is 3. The van der Waals surface area contributed by atoms with Crippen LogP contribution in [0.4, 0.5) is 17.3 Å². The van der Waals surface area contributed by atoms with Gasteiger partial charge in [-0.1, -0.05) is 24.2 Å². The van der Waals surface area contributed by atoms with Gasteiger partial charge in [0.2, 0.25) is 17.7 Å². The normalized spacial score (nSPS) is 10.4. The number of pyridine rings is 1. The van der Waals surface area contributed by atoms with Crippen LogP contribution in [0.15, 0.2) is 72.3 Å². The van der Waals surface area contributed by atoms with E-state index in [1.54, 1.807) is 24.4 Å². The van der Waals surface area contributed by atoms with Crippen LogP contribution in [0.3, 0.4) is 0 Å². The lowest BCUT2D eigenvalue weighted by Crippen LogP contribution is -2.20. The zero-order valence-corrected chi connectivity index (χ0v) is 20.5. The van der Waals surface area contributed by atoms with E-state index in [-0.39, 0.29) is 36.7 Å². The molecular formula is C25H22ClN7O4. The third-order valence-corrected chi connectivity index (χ3v) is 5.13. The molecule has 3 N–H and O–H groups in total. The molecule has 37 heavy (non-hydrogen) atoms. The number of nitrogens with zero attached hydrogens (tertiary/aromatic N) is 4. The van der Waals surface area contributed by atoms with Gasteiger partial charge in [-0.25, -0.2) is 15.0 Å². The van der Waals surface area contributed by atoms with Gasteiger partial charge in [0.15, 0.2) is 5.82 Å². The van der Waals surface area contributed by atoms with Crippen molar-refractivity contribution in [3.63, 3.8) is 0 Å². The standard InChI is InChI=1S/C25H22ClN7O4/c1-3-21(35)28-11-18-13-37-25(33-18)22-23(31-15(2)34)29-14-30-24(22)32-16-7-8-20(19(26)10-16)36-12-17-6-4-5-9-27-17/h3-10,13-14H,1,11-12H2,2H3,(H,28,35)(H2,29,30,31,32,34). The van der Waals surface area contributed by atoms with Crippen molar-refractivity contribution >= 4 is 40.7 Å². The Morgan fingerprint density at radius 2 is 1.97 bits per heavy atom. The predicted molar refractivity (Wildman–Crippen MR) is 137 cm³/mol. The van der Waals surface area contributed by atoms with E-state index >= 15 is 0 Å². The highest BCUT2D eigenvalue weighted by molar-refractivity contribution is 6.32. The van der Waals surface area contributed by atoms with E-state index in [2.05, 4.69) is 42.5 Å². The minimum absolute atomic E-state index is 0.121. The van der Waals surface area contributed by atoms with Crippen molar-refractivity contribution in [2.75, 3.05) is 10.6 Å². The summed E-state index contributed by atoms with van der Waals surface area (Å²) < 4.78 is 11.4. The van der Waals surface area contributed by atoms with E-state index in [1.807, 2.05) is 18.2 Å². The number of carbonyl (C=O) groups is 2. The lowest BCUT2D eigenvalue weighted by atomic mass is 10.2. The van der Waals surface area contributed by atoms with Gasteiger partial charge >= 0.3 is 0 Å². The molecule has 0 saturated heterocycles. The molecule has 0 spiro atoms. The Morgan fingerprint density at radius 3 is 2.70 bits per heavy atom. The smallest absolute Gasteiger partial charge is 0.243 e. The van der Waals surface area contributed by atoms with Gasteiger partial charge in [-0.15, -0.1) is 0 Å². The molecule has 0 unspecified atom stereocenters. The minimum atomic E-state index is -0.349. The van der Waals surface area contributed by atoms with Crippen LogP contribution in [-0.4, -0.2) is 31.8 Å². The summed E-state index contributed by atoms with van der Waals surface area (Å²) in [4.78, 5) is 40.4. The second kappa shape index (κ2) is 11.8. The number of aromatic nitrogens is 4. The van der Waals surface area contributed by atoms with Gasteiger partial charge in [0.1, 0.15) is 36.3 Å². The highest BCUT2D eigenvalue weighted by atomic mass is 35.5. The number of hydrogen-bond donors (Lipinski definition) is 3. The second-order valence-corrected chi connectivity index (χ2v) is 7.98. The summed E-state index contributed by atoms with van der Waals surface area (Å²) in [5.41, 5.74) is 2.12. The Balaban J connectivity index is 1.58. The second-order valence-electron chi connectivity index (χ2n) is 7.57. The third-order valence-electron chi connectivity index (χ3n) is 4.83. The van der Waals surface area contributed by atoms with Crippen LogP contribution >= 0.6 is 11.6 Å². The van der Waals surface area contributed by atoms with Crippen LogP contribution in [-0.2, 0) is 22.7 Å². The quantitative estimate of drug-likeness (QED) is 0.262. The van der Waals surface area contributed by atoms with Crippen molar-refractivity contribution in [1.29, 1.82) is 0 Å². The SMILES string of the molecule is C=CC(=O)NCc1coc(-c2c(NC(C)=O)ncnc2Nc2ccc(OCc3ccccn3)c(Cl)c2)n1. The average Bonchev–Trinajstić information content (AvgIpc) is 3.36. The minimum Gasteiger partial charge on any atom is -0.486 e. The molecule has 11 nitrogen and oxygen atoms in total. The van der Waals surface area contributed by atoms with Crippen LogP contribution < -0.4 is 20.7 Å². The monoisotopic (exact) mass is 519 g/mol. The van der Waals surface area contributed by atoms with Gasteiger partial charge in [-0.05, 0) is 36.4 Å². The molecule has 0 aliphatic heterocycles. The zero-order chi connectivity index (χ0) is 26.2. The summed E-state index contributed by atoms with van der Waals surface area (Å²) in [6, 6.07) is 10.7. The topological polar surface area (TPSA) is 144 Å². The summed E-state index contributed by atoms with van der Waals surface area (Å²) >= 11 is 6.45. The third kappa shape index (κ3) is 6.67. The van der Waals surface area contributed by atoms with Crippen molar-refractivity contribution in [3.05, 3.63) is 84.3 Å². The predicted octanol–water partition coefficient (Wildman–Crippen LogP) is 4.26. The number of halogens is 1. The molecular weight excluding hydrogens is 498 g/mol. The van der Waals surface area contributed by atoms with Crippen molar-refractivity contribution in [2.24, 2.45) is 0 Å². The molecule has 12 heteroatoms. The molecule has 0 radical (unpaired) electrons. The van der Waals surface area contributed by atoms with Crippen molar-refractivity contribution in [1.82, 2.24) is 25.3 Å². The number of carbonyl (C=O) groups excluding carboxylic acids is 2. The van der Waals surface area contributed by atoms with Gasteiger partial charge in [0.25, 0.3) is 0 Å². The Hall–Kier alpha value is -4.77. The van der Waals surface area contributed by atoms with Crippen molar-refractivity contribution in [3.8, 4) is 17.2 Å². The highest BCUT2D eigenvalue weighted by Gasteiger charge is 2.20. The van der Waals surface area contributed by atoms with E-state index in [1.165, 1.54) is 19.5 Å². The van der Waals surface area contributed by atoms with Crippen LogP contribution in [0.2, 0.25) is 5.02 Å². The highest BCUT2D eigenvalue weighted by Crippen LogP contribution is 2.35. The number of benzene rings is 1. The molecule has 0 aliphatic carbocycles.